The van der Waals surface area contributed by atoms with E-state index >= 15 is 0 Å². The molecular formula is C25H31NO5. The molecule has 3 rings (SSSR count). The largest absolute Gasteiger partial charge is 0.497 e. The van der Waals surface area contributed by atoms with Gasteiger partial charge in [0.15, 0.2) is 11.5 Å². The normalized spacial score (nSPS) is 10.8. The Morgan fingerprint density at radius 2 is 1.77 bits per heavy atom. The second kappa shape index (κ2) is 10.8. The Hall–Kier alpha value is -3.15. The molecule has 0 unspecified atom stereocenters. The van der Waals surface area contributed by atoms with Crippen molar-refractivity contribution in [3.8, 4) is 17.2 Å². The molecule has 0 aliphatic carbocycles. The summed E-state index contributed by atoms with van der Waals surface area (Å²) in [6.07, 6.45) is 2.83. The maximum absolute atomic E-state index is 13.2. The molecule has 0 radical (unpaired) electrons. The van der Waals surface area contributed by atoms with Crippen LogP contribution in [0.3, 0.4) is 0 Å². The molecule has 0 aliphatic rings. The maximum Gasteiger partial charge on any atom is 0.227 e. The van der Waals surface area contributed by atoms with Crippen molar-refractivity contribution in [1.82, 2.24) is 4.90 Å². The van der Waals surface area contributed by atoms with Crippen LogP contribution in [0.2, 0.25) is 0 Å². The van der Waals surface area contributed by atoms with Gasteiger partial charge in [-0.3, -0.25) is 4.79 Å². The Bertz CT molecular complexity index is 1010. The molecule has 0 bridgehead atoms. The van der Waals surface area contributed by atoms with Crippen molar-refractivity contribution in [2.24, 2.45) is 0 Å². The van der Waals surface area contributed by atoms with E-state index in [9.17, 15) is 4.79 Å². The number of methoxy groups -OCH3 is 1. The number of nitrogens with zero attached hydrogens (tertiary/aromatic N) is 1. The molecule has 0 saturated heterocycles. The lowest BCUT2D eigenvalue weighted by Gasteiger charge is -2.23. The van der Waals surface area contributed by atoms with Gasteiger partial charge in [-0.05, 0) is 50.1 Å². The smallest absolute Gasteiger partial charge is 0.227 e. The molecule has 0 fully saturated rings. The second-order valence-electron chi connectivity index (χ2n) is 7.26. The fraction of sp³-hybridized carbons (Fsp3) is 0.400. The highest BCUT2D eigenvalue weighted by atomic mass is 16.5. The van der Waals surface area contributed by atoms with E-state index in [1.807, 2.05) is 55.1 Å². The van der Waals surface area contributed by atoms with Crippen molar-refractivity contribution in [3.63, 3.8) is 0 Å². The SMILES string of the molecule is CCCN(Cc1ccc(OCC)c(OCC)c1)C(=O)Cc1coc2cc(OC)ccc12. The number of benzene rings is 2. The first-order chi connectivity index (χ1) is 15.1. The molecule has 2 aromatic carbocycles. The quantitative estimate of drug-likeness (QED) is 0.421. The molecule has 1 aromatic heterocycles. The van der Waals surface area contributed by atoms with E-state index in [4.69, 9.17) is 18.6 Å². The van der Waals surface area contributed by atoms with Gasteiger partial charge in [-0.2, -0.15) is 0 Å². The van der Waals surface area contributed by atoms with Gasteiger partial charge >= 0.3 is 0 Å². The molecule has 0 saturated carbocycles. The van der Waals surface area contributed by atoms with Gasteiger partial charge in [0.05, 0.1) is 33.0 Å². The summed E-state index contributed by atoms with van der Waals surface area (Å²) >= 11 is 0. The molecule has 0 spiro atoms. The molecule has 166 valence electrons. The van der Waals surface area contributed by atoms with E-state index in [1.165, 1.54) is 0 Å². The average molecular weight is 426 g/mol. The minimum absolute atomic E-state index is 0.0622. The first kappa shape index (κ1) is 22.5. The highest BCUT2D eigenvalue weighted by Gasteiger charge is 2.18. The summed E-state index contributed by atoms with van der Waals surface area (Å²) in [7, 11) is 1.62. The third kappa shape index (κ3) is 5.51. The number of fused-ring (bicyclic) bond motifs is 1. The molecule has 1 amide bonds. The van der Waals surface area contributed by atoms with Crippen molar-refractivity contribution < 1.29 is 23.4 Å². The Labute approximate surface area is 183 Å². The third-order valence-electron chi connectivity index (χ3n) is 5.03. The predicted molar refractivity (Wildman–Crippen MR) is 121 cm³/mol. The lowest BCUT2D eigenvalue weighted by molar-refractivity contribution is -0.131. The van der Waals surface area contributed by atoms with E-state index in [1.54, 1.807) is 13.4 Å². The molecule has 6 nitrogen and oxygen atoms in total. The fourth-order valence-electron chi connectivity index (χ4n) is 3.58. The van der Waals surface area contributed by atoms with Gasteiger partial charge in [0, 0.05) is 30.1 Å². The third-order valence-corrected chi connectivity index (χ3v) is 5.03. The minimum atomic E-state index is 0.0622. The van der Waals surface area contributed by atoms with Gasteiger partial charge < -0.3 is 23.5 Å². The summed E-state index contributed by atoms with van der Waals surface area (Å²) in [5.41, 5.74) is 2.61. The van der Waals surface area contributed by atoms with Crippen LogP contribution in [0.1, 0.15) is 38.3 Å². The Kier molecular flexibility index (Phi) is 7.82. The zero-order valence-electron chi connectivity index (χ0n) is 18.8. The summed E-state index contributed by atoms with van der Waals surface area (Å²) in [5, 5.41) is 0.935. The van der Waals surface area contributed by atoms with Crippen LogP contribution >= 0.6 is 0 Å². The fourth-order valence-corrected chi connectivity index (χ4v) is 3.58. The number of carbonyl (C=O) groups excluding carboxylic acids is 1. The predicted octanol–water partition coefficient (Wildman–Crippen LogP) is 5.22. The van der Waals surface area contributed by atoms with E-state index in [0.29, 0.717) is 32.1 Å². The average Bonchev–Trinajstić information content (AvgIpc) is 3.17. The summed E-state index contributed by atoms with van der Waals surface area (Å²) in [5.74, 6) is 2.22. The molecule has 1 heterocycles. The van der Waals surface area contributed by atoms with Gasteiger partial charge in [0.2, 0.25) is 5.91 Å². The molecular weight excluding hydrogens is 394 g/mol. The van der Waals surface area contributed by atoms with Crippen molar-refractivity contribution in [3.05, 3.63) is 53.8 Å². The maximum atomic E-state index is 13.2. The van der Waals surface area contributed by atoms with Crippen LogP contribution in [0.25, 0.3) is 11.0 Å². The number of furan rings is 1. The van der Waals surface area contributed by atoms with Crippen molar-refractivity contribution in [1.29, 1.82) is 0 Å². The highest BCUT2D eigenvalue weighted by Crippen LogP contribution is 2.30. The Morgan fingerprint density at radius 1 is 1.00 bits per heavy atom. The first-order valence-electron chi connectivity index (χ1n) is 10.8. The monoisotopic (exact) mass is 425 g/mol. The zero-order chi connectivity index (χ0) is 22.2. The summed E-state index contributed by atoms with van der Waals surface area (Å²) in [6, 6.07) is 11.5. The zero-order valence-corrected chi connectivity index (χ0v) is 18.8. The van der Waals surface area contributed by atoms with Crippen LogP contribution < -0.4 is 14.2 Å². The van der Waals surface area contributed by atoms with Crippen LogP contribution in [0, 0.1) is 0 Å². The van der Waals surface area contributed by atoms with E-state index in [-0.39, 0.29) is 12.3 Å². The van der Waals surface area contributed by atoms with Gasteiger partial charge in [-0.15, -0.1) is 0 Å². The molecule has 31 heavy (non-hydrogen) atoms. The number of hydrogen-bond acceptors (Lipinski definition) is 5. The molecule has 0 aliphatic heterocycles. The van der Waals surface area contributed by atoms with Crippen LogP contribution in [0.5, 0.6) is 17.2 Å². The van der Waals surface area contributed by atoms with Gasteiger partial charge in [-0.25, -0.2) is 0 Å². The van der Waals surface area contributed by atoms with Crippen molar-refractivity contribution >= 4 is 16.9 Å². The van der Waals surface area contributed by atoms with Crippen molar-refractivity contribution in [2.45, 2.75) is 40.2 Å². The molecule has 0 atom stereocenters. The van der Waals surface area contributed by atoms with Gasteiger partial charge in [0.1, 0.15) is 11.3 Å². The van der Waals surface area contributed by atoms with Crippen LogP contribution in [-0.4, -0.2) is 37.7 Å². The van der Waals surface area contributed by atoms with Crippen molar-refractivity contribution in [2.75, 3.05) is 26.9 Å². The number of carbonyl (C=O) groups is 1. The Morgan fingerprint density at radius 3 is 2.48 bits per heavy atom. The van der Waals surface area contributed by atoms with E-state index in [2.05, 4.69) is 6.92 Å². The topological polar surface area (TPSA) is 61.1 Å². The van der Waals surface area contributed by atoms with E-state index < -0.39 is 0 Å². The van der Waals surface area contributed by atoms with Crippen LogP contribution in [0.4, 0.5) is 0 Å². The Balaban J connectivity index is 1.77. The second-order valence-corrected chi connectivity index (χ2v) is 7.26. The lowest BCUT2D eigenvalue weighted by Crippen LogP contribution is -2.32. The van der Waals surface area contributed by atoms with Crippen LogP contribution in [-0.2, 0) is 17.8 Å². The first-order valence-corrected chi connectivity index (χ1v) is 10.8. The minimum Gasteiger partial charge on any atom is -0.497 e. The van der Waals surface area contributed by atoms with Gasteiger partial charge in [0.25, 0.3) is 0 Å². The summed E-state index contributed by atoms with van der Waals surface area (Å²) in [4.78, 5) is 15.0. The molecule has 0 N–H and O–H groups in total. The molecule has 6 heteroatoms. The molecule has 3 aromatic rings. The van der Waals surface area contributed by atoms with Gasteiger partial charge in [-0.1, -0.05) is 13.0 Å². The number of rotatable bonds is 11. The lowest BCUT2D eigenvalue weighted by atomic mass is 10.1. The number of ether oxygens (including phenoxy) is 3. The van der Waals surface area contributed by atoms with E-state index in [0.717, 1.165) is 40.0 Å². The number of hydrogen-bond donors (Lipinski definition) is 0. The number of amides is 1. The standard InChI is InChI=1S/C25H31NO5/c1-5-12-26(16-18-8-11-22(29-6-2)24(13-18)30-7-3)25(27)14-19-17-31-23-15-20(28-4)9-10-21(19)23/h8-11,13,15,17H,5-7,12,14,16H2,1-4H3. The summed E-state index contributed by atoms with van der Waals surface area (Å²) in [6.45, 7) is 8.29. The van der Waals surface area contributed by atoms with Crippen LogP contribution in [0.15, 0.2) is 47.1 Å². The summed E-state index contributed by atoms with van der Waals surface area (Å²) < 4.78 is 22.3. The highest BCUT2D eigenvalue weighted by molar-refractivity contribution is 5.88.